The number of hydrogen-bond donors (Lipinski definition) is 1. The normalized spacial score (nSPS) is 18.8. The van der Waals surface area contributed by atoms with Gasteiger partial charge in [0.1, 0.15) is 0 Å². The Hall–Kier alpha value is -3.48. The Labute approximate surface area is 184 Å². The molecule has 0 spiro atoms. The van der Waals surface area contributed by atoms with Crippen LogP contribution in [0.3, 0.4) is 0 Å². The van der Waals surface area contributed by atoms with E-state index in [2.05, 4.69) is 10.3 Å². The van der Waals surface area contributed by atoms with Gasteiger partial charge in [-0.3, -0.25) is 0 Å². The van der Waals surface area contributed by atoms with Crippen molar-refractivity contribution in [2.45, 2.75) is 39.0 Å². The molecule has 0 radical (unpaired) electrons. The number of methoxy groups -OCH3 is 1. The molecule has 1 fully saturated rings. The van der Waals surface area contributed by atoms with Crippen LogP contribution in [0.1, 0.15) is 30.7 Å². The van der Waals surface area contributed by atoms with Gasteiger partial charge in [0.2, 0.25) is 5.88 Å². The first kappa shape index (κ1) is 23.2. The molecule has 2 atom stereocenters. The van der Waals surface area contributed by atoms with Crippen LogP contribution in [0.4, 0.5) is 29.3 Å². The summed E-state index contributed by atoms with van der Waals surface area (Å²) < 4.78 is 45.2. The second kappa shape index (κ2) is 8.94. The molecule has 2 heterocycles. The van der Waals surface area contributed by atoms with Gasteiger partial charge in [-0.25, -0.2) is 9.78 Å². The summed E-state index contributed by atoms with van der Waals surface area (Å²) in [6.45, 7) is 6.13. The van der Waals surface area contributed by atoms with Crippen molar-refractivity contribution in [3.8, 4) is 11.9 Å². The number of amides is 2. The second-order valence-electron chi connectivity index (χ2n) is 7.81. The van der Waals surface area contributed by atoms with Crippen LogP contribution in [0, 0.1) is 18.3 Å². The highest BCUT2D eigenvalue weighted by atomic mass is 19.4. The molecule has 1 aliphatic heterocycles. The van der Waals surface area contributed by atoms with Crippen molar-refractivity contribution in [3.63, 3.8) is 0 Å². The molecular formula is C22H24F3N5O2. The SMILES string of the molecule is COc1cc(NC(=O)N2C[C@@H](C)N(c3ccc(C#N)c(C(F)(F)F)c3)C[C@@H]2C)cc(C)n1. The maximum atomic E-state index is 13.4. The summed E-state index contributed by atoms with van der Waals surface area (Å²) in [6, 6.07) is 7.83. The van der Waals surface area contributed by atoms with Crippen molar-refractivity contribution in [1.29, 1.82) is 5.26 Å². The number of aryl methyl sites for hydroxylation is 1. The Morgan fingerprint density at radius 1 is 1.22 bits per heavy atom. The Morgan fingerprint density at radius 2 is 1.94 bits per heavy atom. The Balaban J connectivity index is 1.78. The Bertz CT molecular complexity index is 1050. The van der Waals surface area contributed by atoms with Gasteiger partial charge >= 0.3 is 12.2 Å². The monoisotopic (exact) mass is 447 g/mol. The highest BCUT2D eigenvalue weighted by Gasteiger charge is 2.36. The van der Waals surface area contributed by atoms with E-state index in [1.54, 1.807) is 30.0 Å². The topological polar surface area (TPSA) is 81.5 Å². The highest BCUT2D eigenvalue weighted by molar-refractivity contribution is 5.90. The number of piperazine rings is 1. The van der Waals surface area contributed by atoms with Crippen LogP contribution in [0.2, 0.25) is 0 Å². The van der Waals surface area contributed by atoms with E-state index in [1.165, 1.54) is 19.2 Å². The summed E-state index contributed by atoms with van der Waals surface area (Å²) in [5.74, 6) is 0.382. The van der Waals surface area contributed by atoms with Gasteiger partial charge in [-0.1, -0.05) is 0 Å². The van der Waals surface area contributed by atoms with E-state index in [4.69, 9.17) is 10.00 Å². The number of ether oxygens (including phenoxy) is 1. The predicted octanol–water partition coefficient (Wildman–Crippen LogP) is 4.42. The number of nitriles is 1. The van der Waals surface area contributed by atoms with Crippen LogP contribution in [0.25, 0.3) is 0 Å². The highest BCUT2D eigenvalue weighted by Crippen LogP contribution is 2.35. The number of carbonyl (C=O) groups is 1. The fourth-order valence-corrected chi connectivity index (χ4v) is 3.82. The van der Waals surface area contributed by atoms with E-state index >= 15 is 0 Å². The van der Waals surface area contributed by atoms with Crippen LogP contribution < -0.4 is 15.0 Å². The predicted molar refractivity (Wildman–Crippen MR) is 114 cm³/mol. The largest absolute Gasteiger partial charge is 0.481 e. The number of aromatic nitrogens is 1. The molecule has 0 saturated carbocycles. The van der Waals surface area contributed by atoms with Crippen molar-refractivity contribution in [2.24, 2.45) is 0 Å². The third-order valence-electron chi connectivity index (χ3n) is 5.40. The number of pyridine rings is 1. The number of anilines is 2. The van der Waals surface area contributed by atoms with Gasteiger partial charge in [0.15, 0.2) is 0 Å². The first-order valence-electron chi connectivity index (χ1n) is 10.0. The zero-order valence-corrected chi connectivity index (χ0v) is 18.2. The maximum absolute atomic E-state index is 13.4. The van der Waals surface area contributed by atoms with Crippen molar-refractivity contribution in [3.05, 3.63) is 47.2 Å². The van der Waals surface area contributed by atoms with Crippen molar-refractivity contribution in [1.82, 2.24) is 9.88 Å². The fraction of sp³-hybridized carbons (Fsp3) is 0.409. The van der Waals surface area contributed by atoms with Crippen molar-refractivity contribution >= 4 is 17.4 Å². The first-order valence-corrected chi connectivity index (χ1v) is 10.0. The lowest BCUT2D eigenvalue weighted by molar-refractivity contribution is -0.137. The van der Waals surface area contributed by atoms with E-state index in [9.17, 15) is 18.0 Å². The van der Waals surface area contributed by atoms with Gasteiger partial charge < -0.3 is 19.9 Å². The second-order valence-corrected chi connectivity index (χ2v) is 7.81. The van der Waals surface area contributed by atoms with Gasteiger partial charge in [-0.15, -0.1) is 0 Å². The van der Waals surface area contributed by atoms with Gasteiger partial charge in [-0.2, -0.15) is 18.4 Å². The van der Waals surface area contributed by atoms with E-state index in [0.717, 1.165) is 6.07 Å². The standard InChI is InChI=1S/C22H24F3N5O2/c1-13-7-17(8-20(27-13)32-4)28-21(31)30-12-14(2)29(11-15(30)3)18-6-5-16(10-26)19(9-18)22(23,24)25/h5-9,14-15H,11-12H2,1-4H3,(H,27,28,31)/t14-,15+/m1/s1. The van der Waals surface area contributed by atoms with E-state index < -0.39 is 17.3 Å². The number of nitrogens with zero attached hydrogens (tertiary/aromatic N) is 4. The fourth-order valence-electron chi connectivity index (χ4n) is 3.82. The summed E-state index contributed by atoms with van der Waals surface area (Å²) in [4.78, 5) is 20.6. The molecule has 0 aliphatic carbocycles. The lowest BCUT2D eigenvalue weighted by Crippen LogP contribution is -2.59. The van der Waals surface area contributed by atoms with Gasteiger partial charge in [-0.05, 0) is 45.0 Å². The number of nitrogens with one attached hydrogen (secondary N) is 1. The number of urea groups is 1. The molecule has 1 aromatic carbocycles. The molecule has 1 aliphatic rings. The lowest BCUT2D eigenvalue weighted by Gasteiger charge is -2.45. The third-order valence-corrected chi connectivity index (χ3v) is 5.40. The van der Waals surface area contributed by atoms with Crippen LogP contribution in [-0.4, -0.2) is 48.2 Å². The smallest absolute Gasteiger partial charge is 0.417 e. The molecule has 7 nitrogen and oxygen atoms in total. The number of alkyl halides is 3. The average Bonchev–Trinajstić information content (AvgIpc) is 2.73. The third kappa shape index (κ3) is 4.88. The first-order chi connectivity index (χ1) is 15.0. The molecule has 2 aromatic rings. The van der Waals surface area contributed by atoms with E-state index in [0.29, 0.717) is 36.0 Å². The van der Waals surface area contributed by atoms with Crippen LogP contribution >= 0.6 is 0 Å². The van der Waals surface area contributed by atoms with Crippen LogP contribution in [0.15, 0.2) is 30.3 Å². The van der Waals surface area contributed by atoms with Crippen molar-refractivity contribution in [2.75, 3.05) is 30.4 Å². The summed E-state index contributed by atoms with van der Waals surface area (Å²) in [5.41, 5.74) is 0.225. The number of hydrogen-bond acceptors (Lipinski definition) is 5. The molecule has 0 unspecified atom stereocenters. The number of carbonyl (C=O) groups excluding carboxylic acids is 1. The molecule has 1 aromatic heterocycles. The van der Waals surface area contributed by atoms with E-state index in [-0.39, 0.29) is 18.1 Å². The Kier molecular flexibility index (Phi) is 6.48. The summed E-state index contributed by atoms with van der Waals surface area (Å²) >= 11 is 0. The average molecular weight is 447 g/mol. The van der Waals surface area contributed by atoms with Gasteiger partial charge in [0, 0.05) is 48.3 Å². The molecule has 0 bridgehead atoms. The van der Waals surface area contributed by atoms with Crippen LogP contribution in [0.5, 0.6) is 5.88 Å². The molecule has 1 saturated heterocycles. The quantitative estimate of drug-likeness (QED) is 0.753. The van der Waals surface area contributed by atoms with Gasteiger partial charge in [0.05, 0.1) is 24.3 Å². The number of rotatable bonds is 3. The molecule has 1 N–H and O–H groups in total. The zero-order valence-electron chi connectivity index (χ0n) is 18.2. The molecule has 2 amide bonds. The zero-order chi connectivity index (χ0) is 23.6. The Morgan fingerprint density at radius 3 is 2.56 bits per heavy atom. The summed E-state index contributed by atoms with van der Waals surface area (Å²) in [7, 11) is 1.49. The molecule has 3 rings (SSSR count). The number of halogens is 3. The van der Waals surface area contributed by atoms with Gasteiger partial charge in [0.25, 0.3) is 0 Å². The lowest BCUT2D eigenvalue weighted by atomic mass is 10.0. The molecule has 32 heavy (non-hydrogen) atoms. The number of benzene rings is 1. The molecular weight excluding hydrogens is 423 g/mol. The molecule has 170 valence electrons. The van der Waals surface area contributed by atoms with Crippen molar-refractivity contribution < 1.29 is 22.7 Å². The maximum Gasteiger partial charge on any atom is 0.417 e. The molecule has 10 heteroatoms. The minimum atomic E-state index is -4.62. The minimum Gasteiger partial charge on any atom is -0.481 e. The minimum absolute atomic E-state index is 0.236. The van der Waals surface area contributed by atoms with Crippen LogP contribution in [-0.2, 0) is 6.18 Å². The van der Waals surface area contributed by atoms with E-state index in [1.807, 2.05) is 18.7 Å². The summed E-state index contributed by atoms with van der Waals surface area (Å²) in [6.07, 6.45) is -4.62. The summed E-state index contributed by atoms with van der Waals surface area (Å²) in [5, 5.41) is 11.9.